The summed E-state index contributed by atoms with van der Waals surface area (Å²) in [5.41, 5.74) is 0.935. The van der Waals surface area contributed by atoms with Gasteiger partial charge in [-0.1, -0.05) is 48.9 Å². The van der Waals surface area contributed by atoms with Gasteiger partial charge < -0.3 is 9.64 Å². The van der Waals surface area contributed by atoms with Gasteiger partial charge in [0.05, 0.1) is 34.2 Å². The fourth-order valence-electron chi connectivity index (χ4n) is 5.06. The van der Waals surface area contributed by atoms with Crippen molar-refractivity contribution in [2.45, 2.75) is 19.8 Å². The number of hydrogen-bond donors (Lipinski definition) is 0. The Hall–Kier alpha value is -3.45. The van der Waals surface area contributed by atoms with Gasteiger partial charge in [-0.3, -0.25) is 19.2 Å². The van der Waals surface area contributed by atoms with Crippen LogP contribution in [0.4, 0.5) is 11.4 Å². The number of nitrogens with zero attached hydrogens (tertiary/aromatic N) is 2. The zero-order valence-electron chi connectivity index (χ0n) is 18.5. The van der Waals surface area contributed by atoms with Gasteiger partial charge in [0.15, 0.2) is 0 Å². The van der Waals surface area contributed by atoms with E-state index >= 15 is 0 Å². The molecule has 2 saturated heterocycles. The molecule has 34 heavy (non-hydrogen) atoms. The van der Waals surface area contributed by atoms with E-state index in [0.29, 0.717) is 22.8 Å². The van der Waals surface area contributed by atoms with Crippen LogP contribution in [-0.4, -0.2) is 30.2 Å². The highest BCUT2D eigenvalue weighted by atomic mass is 35.5. The topological polar surface area (TPSA) is 84.0 Å². The average molecular weight is 479 g/mol. The Labute approximate surface area is 201 Å². The summed E-state index contributed by atoms with van der Waals surface area (Å²) in [7, 11) is 0. The van der Waals surface area contributed by atoms with Crippen molar-refractivity contribution in [2.24, 2.45) is 23.7 Å². The third-order valence-corrected chi connectivity index (χ3v) is 7.09. The number of esters is 1. The molecule has 3 aliphatic rings. The Balaban J connectivity index is 1.31. The van der Waals surface area contributed by atoms with Gasteiger partial charge in [-0.15, -0.1) is 0 Å². The van der Waals surface area contributed by atoms with Gasteiger partial charge >= 0.3 is 5.97 Å². The molecule has 7 nitrogen and oxygen atoms in total. The minimum Gasteiger partial charge on any atom is -0.426 e. The highest BCUT2D eigenvalue weighted by Gasteiger charge is 2.50. The third kappa shape index (κ3) is 3.80. The smallest absolute Gasteiger partial charge is 0.316 e. The van der Waals surface area contributed by atoms with E-state index in [0.717, 1.165) is 0 Å². The minimum atomic E-state index is -0.655. The summed E-state index contributed by atoms with van der Waals surface area (Å²) in [4.78, 5) is 54.1. The number of fused-ring (bicyclic) bond motifs is 1. The fraction of sp³-hybridized carbons (Fsp3) is 0.308. The summed E-state index contributed by atoms with van der Waals surface area (Å²) in [5, 5.41) is 0.433. The Kier molecular flexibility index (Phi) is 5.73. The lowest BCUT2D eigenvalue weighted by atomic mass is 9.78. The zero-order valence-corrected chi connectivity index (χ0v) is 19.3. The highest BCUT2D eigenvalue weighted by molar-refractivity contribution is 6.34. The Morgan fingerprint density at radius 3 is 2.62 bits per heavy atom. The van der Waals surface area contributed by atoms with Crippen molar-refractivity contribution in [1.82, 2.24) is 0 Å². The highest BCUT2D eigenvalue weighted by Crippen LogP contribution is 2.41. The number of para-hydroxylation sites is 1. The molecule has 0 spiro atoms. The maximum absolute atomic E-state index is 13.0. The Morgan fingerprint density at radius 2 is 1.85 bits per heavy atom. The number of carbonyl (C=O) groups excluding carboxylic acids is 4. The van der Waals surface area contributed by atoms with Crippen molar-refractivity contribution in [3.8, 4) is 5.75 Å². The van der Waals surface area contributed by atoms with Crippen molar-refractivity contribution < 1.29 is 23.9 Å². The number of anilines is 2. The van der Waals surface area contributed by atoms with E-state index in [2.05, 4.69) is 0 Å². The second kappa shape index (κ2) is 8.72. The van der Waals surface area contributed by atoms with Crippen LogP contribution in [0.5, 0.6) is 5.75 Å². The number of hydrogen-bond acceptors (Lipinski definition) is 5. The first kappa shape index (κ1) is 22.3. The van der Waals surface area contributed by atoms with E-state index in [1.165, 1.54) is 15.9 Å². The number of allylic oxidation sites excluding steroid dienone is 2. The van der Waals surface area contributed by atoms with Crippen LogP contribution < -0.4 is 14.5 Å². The molecule has 2 fully saturated rings. The van der Waals surface area contributed by atoms with E-state index in [9.17, 15) is 19.2 Å². The molecule has 0 N–H and O–H groups in total. The van der Waals surface area contributed by atoms with Gasteiger partial charge in [-0.05, 0) is 36.6 Å². The van der Waals surface area contributed by atoms with E-state index in [1.807, 2.05) is 19.1 Å². The summed E-state index contributed by atoms with van der Waals surface area (Å²) >= 11 is 6.21. The number of benzene rings is 2. The van der Waals surface area contributed by atoms with Gasteiger partial charge in [0.2, 0.25) is 17.7 Å². The molecule has 5 rings (SSSR count). The van der Waals surface area contributed by atoms with Crippen molar-refractivity contribution in [1.29, 1.82) is 0 Å². The SMILES string of the molecule is C[C@@H]1C=CC[C@@H]2C(=O)N(c3cccc(OC(=O)[C@H]4CC(=O)N(c5ccccc5Cl)C4)c3)C(=O)[C@H]12. The molecule has 0 aromatic heterocycles. The van der Waals surface area contributed by atoms with Crippen LogP contribution in [0.1, 0.15) is 19.8 Å². The normalized spacial score (nSPS) is 26.2. The zero-order chi connectivity index (χ0) is 24.0. The quantitative estimate of drug-likeness (QED) is 0.287. The lowest BCUT2D eigenvalue weighted by molar-refractivity contribution is -0.139. The van der Waals surface area contributed by atoms with E-state index < -0.39 is 11.9 Å². The van der Waals surface area contributed by atoms with Gasteiger partial charge in [0, 0.05) is 19.0 Å². The van der Waals surface area contributed by atoms with Crippen molar-refractivity contribution in [3.05, 3.63) is 65.7 Å². The molecule has 1 aliphatic carbocycles. The number of carbonyl (C=O) groups is 4. The first-order chi connectivity index (χ1) is 16.3. The van der Waals surface area contributed by atoms with Crippen LogP contribution in [0.3, 0.4) is 0 Å². The summed E-state index contributed by atoms with van der Waals surface area (Å²) in [5.74, 6) is -2.40. The molecule has 0 radical (unpaired) electrons. The molecule has 174 valence electrons. The maximum atomic E-state index is 13.0. The summed E-state index contributed by atoms with van der Waals surface area (Å²) in [6.07, 6.45) is 4.49. The number of imide groups is 1. The number of ether oxygens (including phenoxy) is 1. The Bertz CT molecular complexity index is 1230. The molecule has 0 saturated carbocycles. The summed E-state index contributed by atoms with van der Waals surface area (Å²) in [6.45, 7) is 2.10. The first-order valence-electron chi connectivity index (χ1n) is 11.3. The summed E-state index contributed by atoms with van der Waals surface area (Å²) < 4.78 is 5.56. The van der Waals surface area contributed by atoms with E-state index in [-0.39, 0.29) is 54.2 Å². The van der Waals surface area contributed by atoms with Gasteiger partial charge in [0.1, 0.15) is 5.75 Å². The second-order valence-corrected chi connectivity index (χ2v) is 9.35. The number of halogens is 1. The third-order valence-electron chi connectivity index (χ3n) is 6.77. The molecule has 2 aliphatic heterocycles. The predicted octanol–water partition coefficient (Wildman–Crippen LogP) is 4.00. The van der Waals surface area contributed by atoms with Gasteiger partial charge in [0.25, 0.3) is 0 Å². The number of rotatable bonds is 4. The summed E-state index contributed by atoms with van der Waals surface area (Å²) in [6, 6.07) is 13.4. The van der Waals surface area contributed by atoms with Crippen LogP contribution >= 0.6 is 11.6 Å². The molecule has 8 heteroatoms. The largest absolute Gasteiger partial charge is 0.426 e. The molecule has 2 heterocycles. The molecule has 2 aromatic rings. The second-order valence-electron chi connectivity index (χ2n) is 8.94. The van der Waals surface area contributed by atoms with Crippen LogP contribution in [-0.2, 0) is 19.2 Å². The molecular weight excluding hydrogens is 456 g/mol. The van der Waals surface area contributed by atoms with Crippen LogP contribution in [0.2, 0.25) is 5.02 Å². The van der Waals surface area contributed by atoms with Crippen molar-refractivity contribution in [3.63, 3.8) is 0 Å². The molecule has 0 bridgehead atoms. The van der Waals surface area contributed by atoms with Gasteiger partial charge in [-0.25, -0.2) is 4.90 Å². The number of amides is 3. The lowest BCUT2D eigenvalue weighted by Crippen LogP contribution is -2.31. The van der Waals surface area contributed by atoms with Crippen molar-refractivity contribution >= 4 is 46.7 Å². The molecule has 3 amide bonds. The van der Waals surface area contributed by atoms with Crippen molar-refractivity contribution in [2.75, 3.05) is 16.3 Å². The first-order valence-corrected chi connectivity index (χ1v) is 11.6. The monoisotopic (exact) mass is 478 g/mol. The maximum Gasteiger partial charge on any atom is 0.316 e. The molecule has 0 unspecified atom stereocenters. The fourth-order valence-corrected chi connectivity index (χ4v) is 5.29. The minimum absolute atomic E-state index is 0.0119. The molecule has 2 aromatic carbocycles. The Morgan fingerprint density at radius 1 is 1.06 bits per heavy atom. The standard InChI is InChI=1S/C26H23ClN2O5/c1-15-6-4-9-19-23(15)25(32)29(24(19)31)17-7-5-8-18(13-17)34-26(33)16-12-22(30)28(14-16)21-11-3-2-10-20(21)27/h2-8,10-11,13,15-16,19,23H,9,12,14H2,1H3/t15-,16+,19+,23-/m1/s1. The average Bonchev–Trinajstić information content (AvgIpc) is 3.32. The van der Waals surface area contributed by atoms with Crippen LogP contribution in [0, 0.1) is 23.7 Å². The molecular formula is C26H23ClN2O5. The van der Waals surface area contributed by atoms with E-state index in [1.54, 1.807) is 42.5 Å². The van der Waals surface area contributed by atoms with Crippen LogP contribution in [0.25, 0.3) is 0 Å². The van der Waals surface area contributed by atoms with Gasteiger partial charge in [-0.2, -0.15) is 0 Å². The lowest BCUT2D eigenvalue weighted by Gasteiger charge is -2.22. The predicted molar refractivity (Wildman–Crippen MR) is 126 cm³/mol. The van der Waals surface area contributed by atoms with Crippen LogP contribution in [0.15, 0.2) is 60.7 Å². The van der Waals surface area contributed by atoms with E-state index in [4.69, 9.17) is 16.3 Å². The molecule has 4 atom stereocenters.